The molecule has 57 heavy (non-hydrogen) atoms. The van der Waals surface area contributed by atoms with Gasteiger partial charge in [0.1, 0.15) is 29.9 Å². The summed E-state index contributed by atoms with van der Waals surface area (Å²) < 4.78 is 0. The van der Waals surface area contributed by atoms with Crippen LogP contribution >= 0.6 is 0 Å². The molecule has 0 saturated carbocycles. The number of hydrogen-bond donors (Lipinski definition) is 8. The standard InChI is InChI=1S/C43H51N7O7/c1-25-18-31(51)19-26(2)32(25)23-33(44)40(54)47-34-14-8-9-17-46-38(52)24-35(39(45)53)48-42(56)37(22-28-15-16-29-12-6-7-13-30(29)20-28)50-43(57)36(49-41(34)55)21-27-10-4-3-5-11-27/h3-7,10-13,15-16,18-20,33-37,51H,8-9,14,17,21-24,44H2,1-2H3,(H2,45,53)(H,46,52)(H,47,54)(H,48,56)(H,49,55)(H,50,57)/t33-,34+,35-,36-,37+/m0/s1. The summed E-state index contributed by atoms with van der Waals surface area (Å²) in [6, 6.07) is 19.5. The molecule has 14 heteroatoms. The van der Waals surface area contributed by atoms with Crippen molar-refractivity contribution >= 4 is 46.2 Å². The second-order valence-corrected chi connectivity index (χ2v) is 14.6. The predicted molar refractivity (Wildman–Crippen MR) is 215 cm³/mol. The Hall–Kier alpha value is -6.28. The van der Waals surface area contributed by atoms with Crippen molar-refractivity contribution < 1.29 is 33.9 Å². The zero-order chi connectivity index (χ0) is 41.1. The number of primary amides is 1. The summed E-state index contributed by atoms with van der Waals surface area (Å²) in [4.78, 5) is 81.2. The predicted octanol–water partition coefficient (Wildman–Crippen LogP) is 1.63. The van der Waals surface area contributed by atoms with Gasteiger partial charge in [-0.2, -0.15) is 0 Å². The van der Waals surface area contributed by atoms with Gasteiger partial charge in [-0.3, -0.25) is 28.8 Å². The molecule has 0 radical (unpaired) electrons. The Balaban J connectivity index is 1.44. The van der Waals surface area contributed by atoms with Gasteiger partial charge >= 0.3 is 0 Å². The van der Waals surface area contributed by atoms with Crippen molar-refractivity contribution in [2.75, 3.05) is 6.54 Å². The largest absolute Gasteiger partial charge is 0.508 e. The van der Waals surface area contributed by atoms with Crippen LogP contribution in [0.3, 0.4) is 0 Å². The van der Waals surface area contributed by atoms with Gasteiger partial charge in [-0.05, 0) is 90.3 Å². The Morgan fingerprint density at radius 1 is 0.772 bits per heavy atom. The van der Waals surface area contributed by atoms with Gasteiger partial charge in [-0.15, -0.1) is 0 Å². The second-order valence-electron chi connectivity index (χ2n) is 14.6. The first kappa shape index (κ1) is 41.9. The molecule has 300 valence electrons. The van der Waals surface area contributed by atoms with Crippen molar-refractivity contribution in [2.24, 2.45) is 11.5 Å². The summed E-state index contributed by atoms with van der Waals surface area (Å²) in [6.07, 6.45) is 0.697. The number of fused-ring (bicyclic) bond motifs is 1. The van der Waals surface area contributed by atoms with E-state index in [9.17, 15) is 33.9 Å². The van der Waals surface area contributed by atoms with E-state index in [-0.39, 0.29) is 38.0 Å². The third kappa shape index (κ3) is 11.9. The molecule has 4 aromatic carbocycles. The smallest absolute Gasteiger partial charge is 0.243 e. The van der Waals surface area contributed by atoms with Gasteiger partial charge in [0.2, 0.25) is 35.4 Å². The SMILES string of the molecule is Cc1cc(O)cc(C)c1C[C@H](N)C(=O)N[C@@H]1CCCCNC(=O)C[C@@H](C(N)=O)NC(=O)[C@@H](Cc2ccc3ccccc3c2)NC(=O)[C@H](Cc2ccccc2)NC1=O. The highest BCUT2D eigenvalue weighted by molar-refractivity contribution is 5.97. The van der Waals surface area contributed by atoms with Crippen LogP contribution in [-0.2, 0) is 48.0 Å². The normalized spacial score (nSPS) is 20.6. The molecule has 6 amide bonds. The van der Waals surface area contributed by atoms with Crippen LogP contribution in [-0.4, -0.2) is 77.3 Å². The number of rotatable bonds is 9. The Bertz CT molecular complexity index is 2090. The van der Waals surface area contributed by atoms with Gasteiger partial charge in [0.05, 0.1) is 12.5 Å². The summed E-state index contributed by atoms with van der Waals surface area (Å²) in [5.74, 6) is -4.02. The Labute approximate surface area is 331 Å². The molecule has 0 spiro atoms. The number of phenolic OH excluding ortho intramolecular Hbond substituents is 1. The molecule has 0 aliphatic carbocycles. The van der Waals surface area contributed by atoms with Crippen LogP contribution in [0.1, 0.15) is 53.5 Å². The van der Waals surface area contributed by atoms with Crippen molar-refractivity contribution in [3.8, 4) is 5.75 Å². The van der Waals surface area contributed by atoms with Crippen LogP contribution in [0.15, 0.2) is 84.9 Å². The lowest BCUT2D eigenvalue weighted by Gasteiger charge is -2.27. The molecule has 1 saturated heterocycles. The van der Waals surface area contributed by atoms with Crippen molar-refractivity contribution in [2.45, 2.75) is 89.0 Å². The van der Waals surface area contributed by atoms with Crippen LogP contribution in [0.4, 0.5) is 0 Å². The molecule has 0 bridgehead atoms. The number of benzene rings is 4. The molecule has 1 heterocycles. The Morgan fingerprint density at radius 2 is 1.39 bits per heavy atom. The maximum absolute atomic E-state index is 14.3. The number of nitrogens with one attached hydrogen (secondary N) is 5. The van der Waals surface area contributed by atoms with E-state index in [0.29, 0.717) is 18.4 Å². The molecule has 5 rings (SSSR count). The maximum Gasteiger partial charge on any atom is 0.243 e. The molecular formula is C43H51N7O7. The molecule has 1 aliphatic heterocycles. The van der Waals surface area contributed by atoms with E-state index in [0.717, 1.165) is 33.0 Å². The molecule has 5 atom stereocenters. The van der Waals surface area contributed by atoms with E-state index >= 15 is 0 Å². The Kier molecular flexibility index (Phi) is 14.4. The quantitative estimate of drug-likeness (QED) is 0.124. The average Bonchev–Trinajstić information content (AvgIpc) is 3.17. The highest BCUT2D eigenvalue weighted by Gasteiger charge is 2.33. The monoisotopic (exact) mass is 777 g/mol. The molecular weight excluding hydrogens is 727 g/mol. The van der Waals surface area contributed by atoms with E-state index in [1.54, 1.807) is 36.4 Å². The number of hydrogen-bond acceptors (Lipinski definition) is 8. The third-order valence-electron chi connectivity index (χ3n) is 10.2. The number of carbonyl (C=O) groups excluding carboxylic acids is 6. The molecule has 0 unspecified atom stereocenters. The second kappa shape index (κ2) is 19.5. The minimum atomic E-state index is -1.36. The third-order valence-corrected chi connectivity index (χ3v) is 10.2. The fraction of sp³-hybridized carbons (Fsp3) is 0.349. The molecule has 14 nitrogen and oxygen atoms in total. The van der Waals surface area contributed by atoms with Crippen molar-refractivity contribution in [3.05, 3.63) is 113 Å². The molecule has 4 aromatic rings. The summed E-state index contributed by atoms with van der Waals surface area (Å²) in [5, 5.41) is 25.5. The van der Waals surface area contributed by atoms with Gasteiger partial charge in [-0.25, -0.2) is 0 Å². The maximum atomic E-state index is 14.3. The van der Waals surface area contributed by atoms with Gasteiger partial charge in [-0.1, -0.05) is 72.8 Å². The number of phenols is 1. The van der Waals surface area contributed by atoms with E-state index in [1.807, 2.05) is 62.4 Å². The summed E-state index contributed by atoms with van der Waals surface area (Å²) in [5.41, 5.74) is 15.7. The lowest BCUT2D eigenvalue weighted by molar-refractivity contribution is -0.135. The van der Waals surface area contributed by atoms with E-state index in [1.165, 1.54) is 0 Å². The molecule has 1 aliphatic rings. The lowest BCUT2D eigenvalue weighted by atomic mass is 9.95. The van der Waals surface area contributed by atoms with Gasteiger partial charge < -0.3 is 43.2 Å². The Morgan fingerprint density at radius 3 is 2.07 bits per heavy atom. The fourth-order valence-electron chi connectivity index (χ4n) is 7.02. The van der Waals surface area contributed by atoms with Crippen LogP contribution in [0.5, 0.6) is 5.75 Å². The lowest BCUT2D eigenvalue weighted by Crippen LogP contribution is -2.59. The first-order valence-corrected chi connectivity index (χ1v) is 19.1. The van der Waals surface area contributed by atoms with Gasteiger partial charge in [0.25, 0.3) is 0 Å². The number of nitrogens with two attached hydrogens (primary N) is 2. The molecule has 10 N–H and O–H groups in total. The van der Waals surface area contributed by atoms with Crippen molar-refractivity contribution in [1.29, 1.82) is 0 Å². The number of aromatic hydroxyl groups is 1. The minimum absolute atomic E-state index is 0.00262. The van der Waals surface area contributed by atoms with Crippen molar-refractivity contribution in [1.82, 2.24) is 26.6 Å². The number of amides is 6. The molecule has 0 aromatic heterocycles. The van der Waals surface area contributed by atoms with E-state index in [4.69, 9.17) is 11.5 Å². The topological polar surface area (TPSA) is 235 Å². The highest BCUT2D eigenvalue weighted by atomic mass is 16.3. The number of carbonyl (C=O) groups is 6. The van der Waals surface area contributed by atoms with Crippen LogP contribution < -0.4 is 38.1 Å². The van der Waals surface area contributed by atoms with Crippen LogP contribution in [0.25, 0.3) is 10.8 Å². The highest BCUT2D eigenvalue weighted by Crippen LogP contribution is 2.22. The van der Waals surface area contributed by atoms with Crippen LogP contribution in [0, 0.1) is 13.8 Å². The minimum Gasteiger partial charge on any atom is -0.508 e. The zero-order valence-electron chi connectivity index (χ0n) is 32.2. The zero-order valence-corrected chi connectivity index (χ0v) is 32.2. The van der Waals surface area contributed by atoms with E-state index in [2.05, 4.69) is 26.6 Å². The van der Waals surface area contributed by atoms with E-state index < -0.39 is 72.1 Å². The van der Waals surface area contributed by atoms with Gasteiger partial charge in [0, 0.05) is 19.4 Å². The van der Waals surface area contributed by atoms with Crippen molar-refractivity contribution in [3.63, 3.8) is 0 Å². The molecule has 1 fully saturated rings. The van der Waals surface area contributed by atoms with Crippen LogP contribution in [0.2, 0.25) is 0 Å². The summed E-state index contributed by atoms with van der Waals surface area (Å²) >= 11 is 0. The first-order valence-electron chi connectivity index (χ1n) is 19.1. The summed E-state index contributed by atoms with van der Waals surface area (Å²) in [7, 11) is 0. The summed E-state index contributed by atoms with van der Waals surface area (Å²) in [6.45, 7) is 3.80. The fourth-order valence-corrected chi connectivity index (χ4v) is 7.02. The first-order chi connectivity index (χ1) is 27.3. The van der Waals surface area contributed by atoms with Gasteiger partial charge in [0.15, 0.2) is 0 Å². The average molecular weight is 778 g/mol. The number of aryl methyl sites for hydroxylation is 2.